The second-order valence-corrected chi connectivity index (χ2v) is 5.66. The third-order valence-corrected chi connectivity index (χ3v) is 4.19. The fourth-order valence-electron chi connectivity index (χ4n) is 2.81. The molecule has 0 aliphatic carbocycles. The number of rotatable bonds is 7. The van der Waals surface area contributed by atoms with Crippen LogP contribution < -0.4 is 9.47 Å². The van der Waals surface area contributed by atoms with Crippen LogP contribution in [-0.2, 0) is 11.2 Å². The van der Waals surface area contributed by atoms with E-state index in [9.17, 15) is 4.79 Å². The Balaban J connectivity index is 1.84. The first-order valence-electron chi connectivity index (χ1n) is 8.00. The lowest BCUT2D eigenvalue weighted by Gasteiger charge is -2.34. The van der Waals surface area contributed by atoms with Gasteiger partial charge in [-0.1, -0.05) is 12.1 Å². The molecule has 0 atom stereocenters. The summed E-state index contributed by atoms with van der Waals surface area (Å²) in [6, 6.07) is 5.80. The molecule has 0 bridgehead atoms. The summed E-state index contributed by atoms with van der Waals surface area (Å²) in [7, 11) is 3.24. The third kappa shape index (κ3) is 4.73. The van der Waals surface area contributed by atoms with Crippen LogP contribution in [0, 0.1) is 0 Å². The summed E-state index contributed by atoms with van der Waals surface area (Å²) in [5.74, 6) is 1.63. The highest BCUT2D eigenvalue weighted by molar-refractivity contribution is 5.76. The number of piperazine rings is 1. The van der Waals surface area contributed by atoms with Gasteiger partial charge >= 0.3 is 0 Å². The van der Waals surface area contributed by atoms with E-state index in [-0.39, 0.29) is 5.91 Å². The minimum absolute atomic E-state index is 0.220. The van der Waals surface area contributed by atoms with Gasteiger partial charge in [0, 0.05) is 39.1 Å². The molecule has 0 saturated carbocycles. The summed E-state index contributed by atoms with van der Waals surface area (Å²) in [4.78, 5) is 16.6. The Morgan fingerprint density at radius 2 is 1.87 bits per heavy atom. The summed E-state index contributed by atoms with van der Waals surface area (Å²) < 4.78 is 10.5. The predicted octanol–water partition coefficient (Wildman–Crippen LogP) is 1.97. The molecule has 1 fully saturated rings. The highest BCUT2D eigenvalue weighted by Crippen LogP contribution is 2.28. The second-order valence-electron chi connectivity index (χ2n) is 5.66. The molecule has 2 rings (SSSR count). The molecule has 0 N–H and O–H groups in total. The summed E-state index contributed by atoms with van der Waals surface area (Å²) in [6.07, 6.45) is 3.15. The van der Waals surface area contributed by atoms with Crippen LogP contribution >= 0.6 is 0 Å². The first-order valence-corrected chi connectivity index (χ1v) is 8.00. The summed E-state index contributed by atoms with van der Waals surface area (Å²) >= 11 is 0. The molecular formula is C18H26N2O3. The summed E-state index contributed by atoms with van der Waals surface area (Å²) in [5, 5.41) is 0. The molecule has 126 valence electrons. The average molecular weight is 318 g/mol. The molecule has 1 heterocycles. The van der Waals surface area contributed by atoms with Gasteiger partial charge in [0.2, 0.25) is 5.91 Å². The number of aryl methyl sites for hydroxylation is 1. The molecule has 1 aliphatic rings. The van der Waals surface area contributed by atoms with Crippen LogP contribution in [0.1, 0.15) is 12.0 Å². The van der Waals surface area contributed by atoms with E-state index >= 15 is 0 Å². The fourth-order valence-corrected chi connectivity index (χ4v) is 2.81. The number of carbonyl (C=O) groups is 1. The zero-order valence-electron chi connectivity index (χ0n) is 14.1. The van der Waals surface area contributed by atoms with Crippen LogP contribution in [0.25, 0.3) is 0 Å². The van der Waals surface area contributed by atoms with Crippen molar-refractivity contribution in [3.63, 3.8) is 0 Å². The van der Waals surface area contributed by atoms with E-state index in [0.29, 0.717) is 24.3 Å². The lowest BCUT2D eigenvalue weighted by Crippen LogP contribution is -2.48. The average Bonchev–Trinajstić information content (AvgIpc) is 2.60. The van der Waals surface area contributed by atoms with E-state index in [1.165, 1.54) is 0 Å². The third-order valence-electron chi connectivity index (χ3n) is 4.19. The maximum absolute atomic E-state index is 12.3. The van der Waals surface area contributed by atoms with Gasteiger partial charge in [-0.3, -0.25) is 9.69 Å². The Kier molecular flexibility index (Phi) is 6.47. The van der Waals surface area contributed by atoms with Gasteiger partial charge in [-0.25, -0.2) is 0 Å². The van der Waals surface area contributed by atoms with Crippen molar-refractivity contribution in [2.45, 2.75) is 12.8 Å². The van der Waals surface area contributed by atoms with Crippen LogP contribution in [-0.4, -0.2) is 62.7 Å². The Morgan fingerprint density at radius 1 is 1.17 bits per heavy atom. The van der Waals surface area contributed by atoms with Gasteiger partial charge < -0.3 is 14.4 Å². The molecule has 5 heteroatoms. The number of carbonyl (C=O) groups excluding carboxylic acids is 1. The normalized spacial score (nSPS) is 15.3. The highest BCUT2D eigenvalue weighted by atomic mass is 16.5. The van der Waals surface area contributed by atoms with Crippen molar-refractivity contribution in [1.82, 2.24) is 9.80 Å². The molecule has 1 saturated heterocycles. The van der Waals surface area contributed by atoms with E-state index in [4.69, 9.17) is 9.47 Å². The number of amides is 1. The maximum atomic E-state index is 12.3. The Labute approximate surface area is 138 Å². The van der Waals surface area contributed by atoms with Crippen molar-refractivity contribution in [2.24, 2.45) is 0 Å². The van der Waals surface area contributed by atoms with Gasteiger partial charge in [-0.05, 0) is 24.1 Å². The van der Waals surface area contributed by atoms with Crippen molar-refractivity contribution >= 4 is 5.91 Å². The number of methoxy groups -OCH3 is 2. The van der Waals surface area contributed by atoms with Gasteiger partial charge in [0.1, 0.15) is 0 Å². The summed E-state index contributed by atoms with van der Waals surface area (Å²) in [6.45, 7) is 8.11. The predicted molar refractivity (Wildman–Crippen MR) is 91.1 cm³/mol. The molecule has 0 spiro atoms. The van der Waals surface area contributed by atoms with Gasteiger partial charge in [0.05, 0.1) is 14.2 Å². The van der Waals surface area contributed by atoms with E-state index in [2.05, 4.69) is 11.5 Å². The SMILES string of the molecule is C=CCN1CCN(C(=O)CCc2ccc(OC)c(OC)c2)CC1. The molecule has 1 amide bonds. The van der Waals surface area contributed by atoms with Crippen molar-refractivity contribution in [3.05, 3.63) is 36.4 Å². The van der Waals surface area contributed by atoms with Crippen molar-refractivity contribution in [1.29, 1.82) is 0 Å². The molecule has 1 aromatic rings. The molecule has 0 radical (unpaired) electrons. The van der Waals surface area contributed by atoms with Gasteiger partial charge in [0.15, 0.2) is 11.5 Å². The molecule has 0 unspecified atom stereocenters. The molecule has 23 heavy (non-hydrogen) atoms. The first kappa shape index (κ1) is 17.3. The summed E-state index contributed by atoms with van der Waals surface area (Å²) in [5.41, 5.74) is 1.08. The number of ether oxygens (including phenoxy) is 2. The molecule has 1 aliphatic heterocycles. The minimum Gasteiger partial charge on any atom is -0.493 e. The first-order chi connectivity index (χ1) is 11.2. The number of nitrogens with zero attached hydrogens (tertiary/aromatic N) is 2. The Bertz CT molecular complexity index is 537. The quantitative estimate of drug-likeness (QED) is 0.721. The Hall–Kier alpha value is -2.01. The topological polar surface area (TPSA) is 42.0 Å². The molecule has 1 aromatic carbocycles. The molecule has 5 nitrogen and oxygen atoms in total. The van der Waals surface area contributed by atoms with Crippen LogP contribution in [0.3, 0.4) is 0 Å². The van der Waals surface area contributed by atoms with Crippen LogP contribution in [0.4, 0.5) is 0 Å². The van der Waals surface area contributed by atoms with Crippen LogP contribution in [0.2, 0.25) is 0 Å². The molecule has 0 aromatic heterocycles. The van der Waals surface area contributed by atoms with Crippen LogP contribution in [0.15, 0.2) is 30.9 Å². The Morgan fingerprint density at radius 3 is 2.48 bits per heavy atom. The lowest BCUT2D eigenvalue weighted by molar-refractivity contribution is -0.132. The van der Waals surface area contributed by atoms with Crippen LogP contribution in [0.5, 0.6) is 11.5 Å². The lowest BCUT2D eigenvalue weighted by atomic mass is 10.1. The number of hydrogen-bond donors (Lipinski definition) is 0. The minimum atomic E-state index is 0.220. The standard InChI is InChI=1S/C18H26N2O3/c1-4-9-19-10-12-20(13-11-19)18(21)8-6-15-5-7-16(22-2)17(14-15)23-3/h4-5,7,14H,1,6,8-13H2,2-3H3. The highest BCUT2D eigenvalue weighted by Gasteiger charge is 2.20. The van der Waals surface area contributed by atoms with E-state index in [0.717, 1.165) is 38.3 Å². The van der Waals surface area contributed by atoms with Gasteiger partial charge in [-0.15, -0.1) is 6.58 Å². The monoisotopic (exact) mass is 318 g/mol. The van der Waals surface area contributed by atoms with E-state index in [1.54, 1.807) is 14.2 Å². The van der Waals surface area contributed by atoms with Gasteiger partial charge in [0.25, 0.3) is 0 Å². The second kappa shape index (κ2) is 8.58. The van der Waals surface area contributed by atoms with Crippen molar-refractivity contribution < 1.29 is 14.3 Å². The van der Waals surface area contributed by atoms with E-state index in [1.807, 2.05) is 29.2 Å². The maximum Gasteiger partial charge on any atom is 0.222 e. The molecular weight excluding hydrogens is 292 g/mol. The van der Waals surface area contributed by atoms with Gasteiger partial charge in [-0.2, -0.15) is 0 Å². The van der Waals surface area contributed by atoms with Crippen molar-refractivity contribution in [3.8, 4) is 11.5 Å². The zero-order chi connectivity index (χ0) is 16.7. The number of benzene rings is 1. The largest absolute Gasteiger partial charge is 0.493 e. The van der Waals surface area contributed by atoms with Crippen molar-refractivity contribution in [2.75, 3.05) is 46.9 Å². The zero-order valence-corrected chi connectivity index (χ0v) is 14.1. The van der Waals surface area contributed by atoms with E-state index < -0.39 is 0 Å². The smallest absolute Gasteiger partial charge is 0.222 e. The number of hydrogen-bond acceptors (Lipinski definition) is 4. The fraction of sp³-hybridized carbons (Fsp3) is 0.500.